The summed E-state index contributed by atoms with van der Waals surface area (Å²) >= 11 is 3.38. The number of hydrogen-bond donors (Lipinski definition) is 1. The second-order valence-corrected chi connectivity index (χ2v) is 6.98. The molecule has 28 heavy (non-hydrogen) atoms. The first kappa shape index (κ1) is 19.8. The van der Waals surface area contributed by atoms with Crippen molar-refractivity contribution in [2.24, 2.45) is 0 Å². The molecular formula is C20H18BrN3O4. The Morgan fingerprint density at radius 2 is 1.89 bits per heavy atom. The fourth-order valence-electron chi connectivity index (χ4n) is 2.71. The number of carbonyl (C=O) groups excluding carboxylic acids is 2. The van der Waals surface area contributed by atoms with E-state index in [4.69, 9.17) is 4.74 Å². The van der Waals surface area contributed by atoms with E-state index in [9.17, 15) is 14.4 Å². The Kier molecular flexibility index (Phi) is 5.89. The minimum Gasteiger partial charge on any atom is -0.451 e. The molecule has 144 valence electrons. The number of nitrogens with one attached hydrogen (secondary N) is 1. The highest BCUT2D eigenvalue weighted by atomic mass is 79.9. The maximum absolute atomic E-state index is 12.5. The number of rotatable bonds is 5. The van der Waals surface area contributed by atoms with Gasteiger partial charge in [-0.1, -0.05) is 24.3 Å². The lowest BCUT2D eigenvalue weighted by atomic mass is 10.1. The van der Waals surface area contributed by atoms with Gasteiger partial charge in [0, 0.05) is 16.4 Å². The van der Waals surface area contributed by atoms with Crippen molar-refractivity contribution in [3.05, 3.63) is 68.5 Å². The van der Waals surface area contributed by atoms with E-state index in [0.717, 1.165) is 10.0 Å². The molecule has 7 nitrogen and oxygen atoms in total. The van der Waals surface area contributed by atoms with Crippen LogP contribution in [0.15, 0.2) is 51.7 Å². The van der Waals surface area contributed by atoms with Crippen LogP contribution < -0.4 is 10.9 Å². The lowest BCUT2D eigenvalue weighted by Crippen LogP contribution is -2.27. The summed E-state index contributed by atoms with van der Waals surface area (Å²) in [6.45, 7) is 3.53. The molecule has 0 bridgehead atoms. The van der Waals surface area contributed by atoms with Gasteiger partial charge in [0.15, 0.2) is 12.3 Å². The van der Waals surface area contributed by atoms with Crippen molar-refractivity contribution in [1.29, 1.82) is 0 Å². The van der Waals surface area contributed by atoms with Crippen LogP contribution >= 0.6 is 15.9 Å². The van der Waals surface area contributed by atoms with E-state index in [1.54, 1.807) is 37.3 Å². The van der Waals surface area contributed by atoms with Crippen LogP contribution in [0.5, 0.6) is 0 Å². The zero-order valence-electron chi connectivity index (χ0n) is 15.4. The molecule has 2 aromatic carbocycles. The van der Waals surface area contributed by atoms with Crippen LogP contribution in [0.4, 0.5) is 5.69 Å². The average molecular weight is 444 g/mol. The minimum atomic E-state index is -0.767. The van der Waals surface area contributed by atoms with Crippen molar-refractivity contribution in [2.75, 3.05) is 11.9 Å². The fourth-order valence-corrected chi connectivity index (χ4v) is 3.30. The van der Waals surface area contributed by atoms with Gasteiger partial charge in [0.25, 0.3) is 11.5 Å². The molecule has 3 aromatic rings. The molecule has 0 atom stereocenters. The van der Waals surface area contributed by atoms with Crippen LogP contribution in [0, 0.1) is 6.92 Å². The Morgan fingerprint density at radius 1 is 1.18 bits per heavy atom. The summed E-state index contributed by atoms with van der Waals surface area (Å²) in [5, 5.41) is 7.54. The van der Waals surface area contributed by atoms with E-state index in [1.165, 1.54) is 4.68 Å². The van der Waals surface area contributed by atoms with Crippen LogP contribution in [0.1, 0.15) is 23.0 Å². The quantitative estimate of drug-likeness (QED) is 0.610. The highest BCUT2D eigenvalue weighted by molar-refractivity contribution is 9.10. The van der Waals surface area contributed by atoms with Gasteiger partial charge >= 0.3 is 5.97 Å². The number of aromatic nitrogens is 2. The zero-order valence-corrected chi connectivity index (χ0v) is 16.9. The monoisotopic (exact) mass is 443 g/mol. The summed E-state index contributed by atoms with van der Waals surface area (Å²) in [6, 6.07) is 12.2. The van der Waals surface area contributed by atoms with E-state index < -0.39 is 18.5 Å². The molecule has 0 radical (unpaired) electrons. The van der Waals surface area contributed by atoms with Gasteiger partial charge in [-0.2, -0.15) is 5.10 Å². The highest BCUT2D eigenvalue weighted by Gasteiger charge is 2.19. The Balaban J connectivity index is 1.77. The van der Waals surface area contributed by atoms with Gasteiger partial charge in [-0.05, 0) is 53.5 Å². The Hall–Kier alpha value is -3.00. The smallest absolute Gasteiger partial charge is 0.359 e. The van der Waals surface area contributed by atoms with E-state index in [-0.39, 0.29) is 11.3 Å². The van der Waals surface area contributed by atoms with Crippen molar-refractivity contribution in [3.63, 3.8) is 0 Å². The third-order valence-corrected chi connectivity index (χ3v) is 4.75. The molecule has 0 aliphatic heterocycles. The molecule has 1 N–H and O–H groups in total. The van der Waals surface area contributed by atoms with Crippen LogP contribution in [-0.4, -0.2) is 28.3 Å². The molecule has 0 unspecified atom stereocenters. The standard InChI is InChI=1S/C20H18BrN3O4/c1-3-24-19(26)14-7-5-4-6-13(14)18(23-24)20(27)28-11-17(25)22-16-9-8-12(2)10-15(16)21/h4-10H,3,11H2,1-2H3,(H,22,25). The van der Waals surface area contributed by atoms with Gasteiger partial charge in [0.05, 0.1) is 11.1 Å². The summed E-state index contributed by atoms with van der Waals surface area (Å²) in [5.74, 6) is -1.25. The van der Waals surface area contributed by atoms with Crippen molar-refractivity contribution in [3.8, 4) is 0 Å². The molecule has 0 saturated carbocycles. The predicted octanol–water partition coefficient (Wildman–Crippen LogP) is 3.28. The van der Waals surface area contributed by atoms with Crippen molar-refractivity contribution < 1.29 is 14.3 Å². The summed E-state index contributed by atoms with van der Waals surface area (Å²) in [7, 11) is 0. The molecule has 0 aliphatic carbocycles. The average Bonchev–Trinajstić information content (AvgIpc) is 2.69. The number of ether oxygens (including phenoxy) is 1. The van der Waals surface area contributed by atoms with E-state index in [2.05, 4.69) is 26.3 Å². The second-order valence-electron chi connectivity index (χ2n) is 6.12. The van der Waals surface area contributed by atoms with E-state index in [0.29, 0.717) is 23.0 Å². The Bertz CT molecular complexity index is 1120. The SMILES string of the molecule is CCn1nc(C(=O)OCC(=O)Nc2ccc(C)cc2Br)c2ccccc2c1=O. The molecule has 0 spiro atoms. The number of carbonyl (C=O) groups is 2. The highest BCUT2D eigenvalue weighted by Crippen LogP contribution is 2.23. The van der Waals surface area contributed by atoms with Crippen LogP contribution in [0.2, 0.25) is 0 Å². The van der Waals surface area contributed by atoms with Gasteiger partial charge in [-0.25, -0.2) is 9.48 Å². The number of nitrogens with zero attached hydrogens (tertiary/aromatic N) is 2. The number of anilines is 1. The maximum Gasteiger partial charge on any atom is 0.359 e. The first-order valence-electron chi connectivity index (χ1n) is 8.63. The molecule has 3 rings (SSSR count). The molecule has 8 heteroatoms. The number of amides is 1. The third kappa shape index (κ3) is 4.12. The molecule has 1 amide bonds. The van der Waals surface area contributed by atoms with Gasteiger partial charge in [-0.15, -0.1) is 0 Å². The number of fused-ring (bicyclic) bond motifs is 1. The summed E-state index contributed by atoms with van der Waals surface area (Å²) in [5.41, 5.74) is 1.34. The first-order chi connectivity index (χ1) is 13.4. The number of aryl methyl sites for hydroxylation is 2. The molecule has 0 fully saturated rings. The van der Waals surface area contributed by atoms with Gasteiger partial charge < -0.3 is 10.1 Å². The summed E-state index contributed by atoms with van der Waals surface area (Å²) < 4.78 is 7.06. The number of halogens is 1. The number of hydrogen-bond acceptors (Lipinski definition) is 5. The molecule has 0 aliphatic rings. The number of benzene rings is 2. The van der Waals surface area contributed by atoms with Crippen molar-refractivity contribution >= 4 is 44.3 Å². The van der Waals surface area contributed by atoms with E-state index >= 15 is 0 Å². The molecular weight excluding hydrogens is 426 g/mol. The first-order valence-corrected chi connectivity index (χ1v) is 9.43. The molecule has 1 heterocycles. The lowest BCUT2D eigenvalue weighted by Gasteiger charge is -2.10. The topological polar surface area (TPSA) is 90.3 Å². The van der Waals surface area contributed by atoms with Gasteiger partial charge in [-0.3, -0.25) is 9.59 Å². The number of esters is 1. The molecule has 0 saturated heterocycles. The van der Waals surface area contributed by atoms with Crippen LogP contribution in [0.25, 0.3) is 10.8 Å². The van der Waals surface area contributed by atoms with Gasteiger partial charge in [0.1, 0.15) is 0 Å². The van der Waals surface area contributed by atoms with E-state index in [1.807, 2.05) is 19.1 Å². The van der Waals surface area contributed by atoms with Crippen LogP contribution in [0.3, 0.4) is 0 Å². The Morgan fingerprint density at radius 3 is 2.57 bits per heavy atom. The lowest BCUT2D eigenvalue weighted by molar-refractivity contribution is -0.119. The predicted molar refractivity (Wildman–Crippen MR) is 109 cm³/mol. The maximum atomic E-state index is 12.5. The largest absolute Gasteiger partial charge is 0.451 e. The summed E-state index contributed by atoms with van der Waals surface area (Å²) in [4.78, 5) is 37.0. The second kappa shape index (κ2) is 8.35. The summed E-state index contributed by atoms with van der Waals surface area (Å²) in [6.07, 6.45) is 0. The van der Waals surface area contributed by atoms with Crippen molar-refractivity contribution in [2.45, 2.75) is 20.4 Å². The van der Waals surface area contributed by atoms with Crippen molar-refractivity contribution in [1.82, 2.24) is 9.78 Å². The fraction of sp³-hybridized carbons (Fsp3) is 0.200. The van der Waals surface area contributed by atoms with Gasteiger partial charge in [0.2, 0.25) is 0 Å². The molecule has 1 aromatic heterocycles. The Labute approximate surface area is 169 Å². The third-order valence-electron chi connectivity index (χ3n) is 4.09. The van der Waals surface area contributed by atoms with Crippen LogP contribution in [-0.2, 0) is 16.1 Å². The zero-order chi connectivity index (χ0) is 20.3. The minimum absolute atomic E-state index is 0.00127. The normalized spacial score (nSPS) is 10.7.